The maximum Gasteiger partial charge on any atom is 0.248 e. The summed E-state index contributed by atoms with van der Waals surface area (Å²) in [6.07, 6.45) is 0. The summed E-state index contributed by atoms with van der Waals surface area (Å²) in [7, 11) is 1.50. The summed E-state index contributed by atoms with van der Waals surface area (Å²) in [5.74, 6) is -0.346. The summed E-state index contributed by atoms with van der Waals surface area (Å²) in [6.45, 7) is 2.84. The van der Waals surface area contributed by atoms with Crippen LogP contribution in [-0.2, 0) is 9.59 Å². The molecular weight excluding hydrogens is 236 g/mol. The number of phenols is 1. The first-order valence-electron chi connectivity index (χ1n) is 5.39. The van der Waals surface area contributed by atoms with E-state index >= 15 is 0 Å². The molecule has 18 heavy (non-hydrogen) atoms. The monoisotopic (exact) mass is 252 g/mol. The Hall–Kier alpha value is -2.24. The van der Waals surface area contributed by atoms with E-state index in [-0.39, 0.29) is 5.75 Å². The van der Waals surface area contributed by atoms with Gasteiger partial charge in [-0.25, -0.2) is 0 Å². The zero-order chi connectivity index (χ0) is 13.7. The van der Waals surface area contributed by atoms with Crippen molar-refractivity contribution in [1.82, 2.24) is 5.32 Å². The van der Waals surface area contributed by atoms with Crippen LogP contribution >= 0.6 is 0 Å². The highest BCUT2D eigenvalue weighted by atomic mass is 16.5. The number of anilines is 1. The Morgan fingerprint density at radius 1 is 1.39 bits per heavy atom. The predicted octanol–water partition coefficient (Wildman–Crippen LogP) is 0.864. The summed E-state index contributed by atoms with van der Waals surface area (Å²) in [5, 5.41) is 14.6. The molecule has 1 atom stereocenters. The minimum atomic E-state index is -0.660. The molecule has 0 aliphatic rings. The number of rotatable bonds is 4. The van der Waals surface area contributed by atoms with Gasteiger partial charge in [-0.1, -0.05) is 0 Å². The second-order valence-corrected chi connectivity index (χ2v) is 3.79. The number of methoxy groups -OCH3 is 1. The van der Waals surface area contributed by atoms with Crippen molar-refractivity contribution in [1.29, 1.82) is 0 Å². The fraction of sp³-hybridized carbons (Fsp3) is 0.333. The van der Waals surface area contributed by atoms with E-state index < -0.39 is 17.9 Å². The molecule has 0 fully saturated rings. The third-order valence-corrected chi connectivity index (χ3v) is 2.27. The fourth-order valence-electron chi connectivity index (χ4n) is 1.34. The number of hydrogen-bond acceptors (Lipinski definition) is 5. The van der Waals surface area contributed by atoms with Gasteiger partial charge in [0.25, 0.3) is 0 Å². The van der Waals surface area contributed by atoms with Crippen LogP contribution in [-0.4, -0.2) is 30.1 Å². The second kappa shape index (κ2) is 5.90. The molecule has 1 aromatic rings. The van der Waals surface area contributed by atoms with E-state index in [0.717, 1.165) is 0 Å². The van der Waals surface area contributed by atoms with Crippen molar-refractivity contribution < 1.29 is 19.4 Å². The number of nitrogens with one attached hydrogen (secondary N) is 2. The number of ether oxygens (including phenoxy) is 1. The average Bonchev–Trinajstić information content (AvgIpc) is 2.31. The Morgan fingerprint density at radius 2 is 2.06 bits per heavy atom. The van der Waals surface area contributed by atoms with E-state index in [4.69, 9.17) is 4.74 Å². The molecule has 0 radical (unpaired) electrons. The molecule has 6 nitrogen and oxygen atoms in total. The van der Waals surface area contributed by atoms with Crippen molar-refractivity contribution in [3.05, 3.63) is 18.2 Å². The van der Waals surface area contributed by atoms with Crippen molar-refractivity contribution in [2.24, 2.45) is 0 Å². The van der Waals surface area contributed by atoms with Crippen LogP contribution in [0.2, 0.25) is 0 Å². The molecule has 98 valence electrons. The molecule has 0 aromatic heterocycles. The maximum absolute atomic E-state index is 11.5. The SMILES string of the molecule is COc1ccc(O)c(N[C@@H](C)C(=O)NC(C)=O)c1. The number of aromatic hydroxyl groups is 1. The molecule has 1 rings (SSSR count). The Balaban J connectivity index is 2.77. The van der Waals surface area contributed by atoms with E-state index in [0.29, 0.717) is 11.4 Å². The van der Waals surface area contributed by atoms with Gasteiger partial charge in [-0.3, -0.25) is 14.9 Å². The number of amides is 2. The van der Waals surface area contributed by atoms with Gasteiger partial charge in [0.15, 0.2) is 0 Å². The smallest absolute Gasteiger partial charge is 0.248 e. The molecule has 0 saturated carbocycles. The summed E-state index contributed by atoms with van der Waals surface area (Å²) in [6, 6.07) is 3.96. The number of carbonyl (C=O) groups is 2. The van der Waals surface area contributed by atoms with E-state index in [1.807, 2.05) is 0 Å². The van der Waals surface area contributed by atoms with Gasteiger partial charge in [-0.2, -0.15) is 0 Å². The van der Waals surface area contributed by atoms with Crippen molar-refractivity contribution in [3.8, 4) is 11.5 Å². The number of hydrogen-bond donors (Lipinski definition) is 3. The van der Waals surface area contributed by atoms with Gasteiger partial charge in [-0.05, 0) is 19.1 Å². The highest BCUT2D eigenvalue weighted by Gasteiger charge is 2.15. The molecule has 0 saturated heterocycles. The largest absolute Gasteiger partial charge is 0.506 e. The maximum atomic E-state index is 11.5. The number of carbonyl (C=O) groups excluding carboxylic acids is 2. The number of phenolic OH excluding ortho intramolecular Hbond substituents is 1. The van der Waals surface area contributed by atoms with Gasteiger partial charge in [-0.15, -0.1) is 0 Å². The molecular formula is C12H16N2O4. The Bertz CT molecular complexity index is 459. The standard InChI is InChI=1S/C12H16N2O4/c1-7(12(17)14-8(2)15)13-10-6-9(18-3)4-5-11(10)16/h4-7,13,16H,1-3H3,(H,14,15,17)/t7-/m0/s1. The molecule has 0 unspecified atom stereocenters. The fourth-order valence-corrected chi connectivity index (χ4v) is 1.34. The molecule has 2 amide bonds. The van der Waals surface area contributed by atoms with E-state index in [2.05, 4.69) is 10.6 Å². The van der Waals surface area contributed by atoms with Crippen LogP contribution in [0.5, 0.6) is 11.5 Å². The van der Waals surface area contributed by atoms with E-state index in [1.165, 1.54) is 20.1 Å². The Morgan fingerprint density at radius 3 is 2.61 bits per heavy atom. The van der Waals surface area contributed by atoms with Crippen molar-refractivity contribution in [3.63, 3.8) is 0 Å². The van der Waals surface area contributed by atoms with Gasteiger partial charge < -0.3 is 15.2 Å². The summed E-state index contributed by atoms with van der Waals surface area (Å²) in [5.41, 5.74) is 0.362. The highest BCUT2D eigenvalue weighted by Crippen LogP contribution is 2.28. The minimum absolute atomic E-state index is 0.00160. The third kappa shape index (κ3) is 3.65. The van der Waals surface area contributed by atoms with Gasteiger partial charge in [0.2, 0.25) is 11.8 Å². The van der Waals surface area contributed by atoms with Gasteiger partial charge in [0.05, 0.1) is 12.8 Å². The molecule has 0 aliphatic carbocycles. The normalized spacial score (nSPS) is 11.5. The lowest BCUT2D eigenvalue weighted by atomic mass is 10.2. The number of benzene rings is 1. The lowest BCUT2D eigenvalue weighted by Gasteiger charge is -2.15. The van der Waals surface area contributed by atoms with Crippen LogP contribution < -0.4 is 15.4 Å². The molecule has 0 spiro atoms. The molecule has 0 heterocycles. The molecule has 0 bridgehead atoms. The van der Waals surface area contributed by atoms with Gasteiger partial charge >= 0.3 is 0 Å². The Kier molecular flexibility index (Phi) is 4.53. The van der Waals surface area contributed by atoms with E-state index in [1.54, 1.807) is 19.1 Å². The Labute approximate surface area is 105 Å². The topological polar surface area (TPSA) is 87.7 Å². The lowest BCUT2D eigenvalue weighted by Crippen LogP contribution is -2.39. The molecule has 3 N–H and O–H groups in total. The quantitative estimate of drug-likeness (QED) is 0.692. The molecule has 6 heteroatoms. The van der Waals surface area contributed by atoms with Crippen LogP contribution in [0.25, 0.3) is 0 Å². The minimum Gasteiger partial charge on any atom is -0.506 e. The van der Waals surface area contributed by atoms with Crippen molar-refractivity contribution in [2.75, 3.05) is 12.4 Å². The molecule has 1 aromatic carbocycles. The van der Waals surface area contributed by atoms with Crippen LogP contribution in [0.15, 0.2) is 18.2 Å². The molecule has 0 aliphatic heterocycles. The van der Waals surface area contributed by atoms with Crippen LogP contribution in [0.4, 0.5) is 5.69 Å². The first-order valence-corrected chi connectivity index (χ1v) is 5.39. The number of imide groups is 1. The van der Waals surface area contributed by atoms with Crippen molar-refractivity contribution in [2.45, 2.75) is 19.9 Å². The second-order valence-electron chi connectivity index (χ2n) is 3.79. The summed E-state index contributed by atoms with van der Waals surface area (Å²) >= 11 is 0. The van der Waals surface area contributed by atoms with E-state index in [9.17, 15) is 14.7 Å². The van der Waals surface area contributed by atoms with Gasteiger partial charge in [0.1, 0.15) is 17.5 Å². The van der Waals surface area contributed by atoms with Crippen LogP contribution in [0.3, 0.4) is 0 Å². The summed E-state index contributed by atoms with van der Waals surface area (Å²) < 4.78 is 5.01. The first kappa shape index (κ1) is 13.8. The van der Waals surface area contributed by atoms with Crippen molar-refractivity contribution >= 4 is 17.5 Å². The zero-order valence-corrected chi connectivity index (χ0v) is 10.5. The first-order chi connectivity index (χ1) is 8.43. The summed E-state index contributed by atoms with van der Waals surface area (Å²) in [4.78, 5) is 22.3. The average molecular weight is 252 g/mol. The zero-order valence-electron chi connectivity index (χ0n) is 10.5. The van der Waals surface area contributed by atoms with Crippen LogP contribution in [0.1, 0.15) is 13.8 Å². The highest BCUT2D eigenvalue weighted by molar-refractivity contribution is 5.97. The van der Waals surface area contributed by atoms with Gasteiger partial charge in [0, 0.05) is 13.0 Å². The predicted molar refractivity (Wildman–Crippen MR) is 66.6 cm³/mol. The van der Waals surface area contributed by atoms with Crippen LogP contribution in [0, 0.1) is 0 Å². The lowest BCUT2D eigenvalue weighted by molar-refractivity contribution is -0.129. The third-order valence-electron chi connectivity index (χ3n) is 2.27.